The van der Waals surface area contributed by atoms with Crippen molar-refractivity contribution in [3.8, 4) is 0 Å². The molecule has 9 atom stereocenters. The van der Waals surface area contributed by atoms with Crippen molar-refractivity contribution < 1.29 is 38.1 Å². The van der Waals surface area contributed by atoms with E-state index in [-0.39, 0.29) is 18.1 Å². The van der Waals surface area contributed by atoms with Gasteiger partial charge >= 0.3 is 5.97 Å². The Morgan fingerprint density at radius 2 is 1.97 bits per heavy atom. The molecule has 1 unspecified atom stereocenters. The first-order valence-electron chi connectivity index (χ1n) is 12.8. The van der Waals surface area contributed by atoms with Crippen LogP contribution in [-0.4, -0.2) is 64.6 Å². The summed E-state index contributed by atoms with van der Waals surface area (Å²) in [6.07, 6.45) is 3.64. The number of nitrogens with two attached hydrogens (primary N) is 1. The van der Waals surface area contributed by atoms with E-state index >= 15 is 4.39 Å². The lowest BCUT2D eigenvalue weighted by Crippen LogP contribution is -2.70. The quantitative estimate of drug-likeness (QED) is 0.558. The summed E-state index contributed by atoms with van der Waals surface area (Å²) in [5.41, 5.74) is 0.625. The summed E-state index contributed by atoms with van der Waals surface area (Å²) < 4.78 is 35.2. The zero-order valence-electron chi connectivity index (χ0n) is 21.5. The van der Waals surface area contributed by atoms with Gasteiger partial charge in [-0.3, -0.25) is 14.4 Å². The number of aliphatic hydroxyl groups is 1. The molecule has 0 amide bonds. The zero-order valence-corrected chi connectivity index (χ0v) is 21.5. The number of ether oxygens (including phenoxy) is 3. The minimum absolute atomic E-state index is 0.0434. The molecule has 5 rings (SSSR count). The van der Waals surface area contributed by atoms with E-state index in [1.165, 1.54) is 19.1 Å². The topological polar surface area (TPSA) is 125 Å². The molecule has 5 aliphatic rings. The van der Waals surface area contributed by atoms with Gasteiger partial charge < -0.3 is 25.1 Å². The second-order valence-corrected chi connectivity index (χ2v) is 12.2. The molecule has 3 saturated carbocycles. The Labute approximate surface area is 210 Å². The van der Waals surface area contributed by atoms with Crippen molar-refractivity contribution >= 4 is 17.5 Å². The van der Waals surface area contributed by atoms with Crippen molar-refractivity contribution in [3.63, 3.8) is 0 Å². The molecule has 0 aromatic heterocycles. The van der Waals surface area contributed by atoms with Gasteiger partial charge in [0.25, 0.3) is 0 Å². The van der Waals surface area contributed by atoms with Crippen molar-refractivity contribution in [2.45, 2.75) is 95.6 Å². The molecule has 0 radical (unpaired) electrons. The third-order valence-electron chi connectivity index (χ3n) is 9.77. The minimum Gasteiger partial charge on any atom is -0.456 e. The zero-order chi connectivity index (χ0) is 26.5. The average molecular weight is 506 g/mol. The molecule has 0 aromatic rings. The molecular formula is C27H36FNO7. The number of carbonyl (C=O) groups is 3. The predicted molar refractivity (Wildman–Crippen MR) is 126 cm³/mol. The molecule has 3 N–H and O–H groups in total. The number of aliphatic hydroxyl groups excluding tert-OH is 1. The van der Waals surface area contributed by atoms with Crippen molar-refractivity contribution in [1.29, 1.82) is 0 Å². The van der Waals surface area contributed by atoms with Crippen molar-refractivity contribution in [2.24, 2.45) is 28.4 Å². The Bertz CT molecular complexity index is 1080. The second-order valence-electron chi connectivity index (χ2n) is 12.2. The first-order chi connectivity index (χ1) is 16.6. The summed E-state index contributed by atoms with van der Waals surface area (Å²) in [6.45, 7) is 7.97. The van der Waals surface area contributed by atoms with E-state index < -0.39 is 70.4 Å². The average Bonchev–Trinajstić information content (AvgIpc) is 3.19. The Morgan fingerprint density at radius 1 is 1.28 bits per heavy atom. The van der Waals surface area contributed by atoms with Gasteiger partial charge in [-0.15, -0.1) is 0 Å². The first kappa shape index (κ1) is 25.7. The van der Waals surface area contributed by atoms with Crippen molar-refractivity contribution in [1.82, 2.24) is 0 Å². The van der Waals surface area contributed by atoms with Crippen LogP contribution < -0.4 is 5.73 Å². The maximum absolute atomic E-state index is 17.4. The van der Waals surface area contributed by atoms with Crippen LogP contribution in [-0.2, 0) is 28.6 Å². The Morgan fingerprint density at radius 3 is 2.64 bits per heavy atom. The van der Waals surface area contributed by atoms with E-state index in [0.29, 0.717) is 24.8 Å². The molecule has 1 aliphatic heterocycles. The monoisotopic (exact) mass is 505 g/mol. The van der Waals surface area contributed by atoms with Crippen LogP contribution in [0.1, 0.15) is 60.3 Å². The number of allylic oxidation sites excluding steroid dienone is 4. The van der Waals surface area contributed by atoms with Gasteiger partial charge in [0, 0.05) is 16.7 Å². The molecule has 4 fully saturated rings. The fraction of sp³-hybridized carbons (Fsp3) is 0.741. The van der Waals surface area contributed by atoms with Gasteiger partial charge in [0.15, 0.2) is 29.4 Å². The van der Waals surface area contributed by atoms with Gasteiger partial charge in [0.1, 0.15) is 6.04 Å². The molecule has 36 heavy (non-hydrogen) atoms. The van der Waals surface area contributed by atoms with Gasteiger partial charge in [0.2, 0.25) is 5.78 Å². The summed E-state index contributed by atoms with van der Waals surface area (Å²) in [6, 6.07) is -0.889. The van der Waals surface area contributed by atoms with Crippen LogP contribution in [0.3, 0.4) is 0 Å². The molecule has 1 heterocycles. The Kier molecular flexibility index (Phi) is 5.56. The van der Waals surface area contributed by atoms with Crippen LogP contribution in [0.4, 0.5) is 4.39 Å². The largest absolute Gasteiger partial charge is 0.456 e. The maximum atomic E-state index is 17.4. The molecule has 0 aromatic carbocycles. The molecule has 198 valence electrons. The number of fused-ring (bicyclic) bond motifs is 7. The normalized spacial score (nSPS) is 47.2. The number of ketones is 2. The van der Waals surface area contributed by atoms with E-state index in [4.69, 9.17) is 19.9 Å². The van der Waals surface area contributed by atoms with Gasteiger partial charge in [-0.1, -0.05) is 18.6 Å². The number of hydrogen-bond acceptors (Lipinski definition) is 8. The number of hydrogen-bond donors (Lipinski definition) is 2. The highest BCUT2D eigenvalue weighted by Crippen LogP contribution is 2.72. The van der Waals surface area contributed by atoms with Gasteiger partial charge in [-0.05, 0) is 71.4 Å². The van der Waals surface area contributed by atoms with Crippen molar-refractivity contribution in [3.05, 3.63) is 23.8 Å². The highest BCUT2D eigenvalue weighted by Gasteiger charge is 2.80. The summed E-state index contributed by atoms with van der Waals surface area (Å²) in [5, 5.41) is 11.6. The minimum atomic E-state index is -2.03. The standard InChI is InChI=1S/C27H36FNO7/c1-14(29)22(33)34-13-20(32)27-21(35-23(2,3)36-27)11-18-17-7-6-15-10-16(30)8-9-24(15,4)26(17,28)19(31)12-25(18,27)5/h8-10,14,17-19,21,31H,6-7,11-13,29H2,1-5H3/t14?,17-,18-,19-,21+,24-,25-,26-,27+/m0/s1. The second kappa shape index (κ2) is 7.79. The van der Waals surface area contributed by atoms with E-state index in [1.54, 1.807) is 26.8 Å². The maximum Gasteiger partial charge on any atom is 0.323 e. The lowest BCUT2D eigenvalue weighted by atomic mass is 9.44. The van der Waals surface area contributed by atoms with Crippen LogP contribution in [0.2, 0.25) is 0 Å². The third kappa shape index (κ3) is 3.09. The number of Topliss-reactive ketones (excluding diaryl/α,β-unsaturated/α-hetero) is 1. The third-order valence-corrected chi connectivity index (χ3v) is 9.77. The summed E-state index contributed by atoms with van der Waals surface area (Å²) in [5.74, 6) is -3.38. The van der Waals surface area contributed by atoms with Gasteiger partial charge in [-0.2, -0.15) is 0 Å². The van der Waals surface area contributed by atoms with Gasteiger partial charge in [0.05, 0.1) is 12.2 Å². The van der Waals surface area contributed by atoms with E-state index in [1.807, 2.05) is 6.92 Å². The van der Waals surface area contributed by atoms with Crippen LogP contribution in [0, 0.1) is 22.7 Å². The number of alkyl halides is 1. The lowest BCUT2D eigenvalue weighted by Gasteiger charge is -2.62. The van der Waals surface area contributed by atoms with E-state index in [2.05, 4.69) is 0 Å². The Balaban J connectivity index is 1.56. The fourth-order valence-corrected chi connectivity index (χ4v) is 8.18. The molecule has 9 heteroatoms. The number of carbonyl (C=O) groups excluding carboxylic acids is 3. The van der Waals surface area contributed by atoms with Gasteiger partial charge in [-0.25, -0.2) is 4.39 Å². The predicted octanol–water partition coefficient (Wildman–Crippen LogP) is 2.32. The van der Waals surface area contributed by atoms with E-state index in [9.17, 15) is 19.5 Å². The molecule has 0 spiro atoms. The number of rotatable bonds is 4. The lowest BCUT2D eigenvalue weighted by molar-refractivity contribution is -0.246. The molecular weight excluding hydrogens is 469 g/mol. The van der Waals surface area contributed by atoms with Crippen LogP contribution in [0.25, 0.3) is 0 Å². The SMILES string of the molecule is CC(N)C(=O)OCC(=O)[C@@]12OC(C)(C)O[C@@H]1C[C@H]1[C@@H]3CCC4=CC(=O)C=C[C@]4(C)[C@@]3(F)[C@@H](O)C[C@@]12C. The highest BCUT2D eigenvalue weighted by atomic mass is 19.1. The molecule has 8 nitrogen and oxygen atoms in total. The summed E-state index contributed by atoms with van der Waals surface area (Å²) >= 11 is 0. The molecule has 0 bridgehead atoms. The van der Waals surface area contributed by atoms with Crippen LogP contribution >= 0.6 is 0 Å². The Hall–Kier alpha value is -1.94. The fourth-order valence-electron chi connectivity index (χ4n) is 8.18. The van der Waals surface area contributed by atoms with E-state index in [0.717, 1.165) is 0 Å². The van der Waals surface area contributed by atoms with Crippen molar-refractivity contribution in [2.75, 3.05) is 6.61 Å². The summed E-state index contributed by atoms with van der Waals surface area (Å²) in [7, 11) is 0. The van der Waals surface area contributed by atoms with Crippen LogP contribution in [0.15, 0.2) is 23.8 Å². The highest BCUT2D eigenvalue weighted by molar-refractivity contribution is 6.01. The number of esters is 1. The van der Waals surface area contributed by atoms with Crippen LogP contribution in [0.5, 0.6) is 0 Å². The molecule has 4 aliphatic carbocycles. The summed E-state index contributed by atoms with van der Waals surface area (Å²) in [4.78, 5) is 37.9. The first-order valence-corrected chi connectivity index (χ1v) is 12.8. The molecule has 1 saturated heterocycles. The smallest absolute Gasteiger partial charge is 0.323 e. The number of halogens is 1.